The fourth-order valence-corrected chi connectivity index (χ4v) is 2.14. The van der Waals surface area contributed by atoms with Crippen molar-refractivity contribution in [2.24, 2.45) is 0 Å². The molecule has 2 rings (SSSR count). The van der Waals surface area contributed by atoms with Crippen molar-refractivity contribution >= 4 is 17.5 Å². The number of carbonyl (C=O) groups excluding carboxylic acids is 2. The van der Waals surface area contributed by atoms with Crippen molar-refractivity contribution in [3.8, 4) is 0 Å². The smallest absolute Gasteiger partial charge is 0.233 e. The van der Waals surface area contributed by atoms with Crippen molar-refractivity contribution in [3.05, 3.63) is 24.0 Å². The first kappa shape index (κ1) is 13.5. The molecule has 0 atom stereocenters. The fraction of sp³-hybridized carbons (Fsp3) is 0.500. The molecule has 102 valence electrons. The van der Waals surface area contributed by atoms with E-state index in [1.807, 2.05) is 13.0 Å². The number of aryl methyl sites for hydroxylation is 1. The SMILES string of the molecule is Cc1ccc(NC(=O)CC(=O)N2CCCCC2)cn1. The number of nitrogens with zero attached hydrogens (tertiary/aromatic N) is 2. The van der Waals surface area contributed by atoms with Gasteiger partial charge in [-0.3, -0.25) is 14.6 Å². The third-order valence-electron chi connectivity index (χ3n) is 3.22. The molecule has 1 aliphatic heterocycles. The number of likely N-dealkylation sites (tertiary alicyclic amines) is 1. The van der Waals surface area contributed by atoms with Crippen LogP contribution in [0.15, 0.2) is 18.3 Å². The number of piperidine rings is 1. The maximum atomic E-state index is 11.9. The minimum absolute atomic E-state index is 0.0859. The molecule has 0 aromatic carbocycles. The second kappa shape index (κ2) is 6.31. The molecule has 1 saturated heterocycles. The summed E-state index contributed by atoms with van der Waals surface area (Å²) in [4.78, 5) is 29.5. The standard InChI is InChI=1S/C14H19N3O2/c1-11-5-6-12(10-15-11)16-13(18)9-14(19)17-7-3-2-4-8-17/h5-6,10H,2-4,7-9H2,1H3,(H,16,18). The molecular formula is C14H19N3O2. The van der Waals surface area contributed by atoms with E-state index in [-0.39, 0.29) is 18.2 Å². The van der Waals surface area contributed by atoms with Gasteiger partial charge in [0.25, 0.3) is 0 Å². The zero-order chi connectivity index (χ0) is 13.7. The number of rotatable bonds is 3. The van der Waals surface area contributed by atoms with Crippen LogP contribution < -0.4 is 5.32 Å². The number of pyridine rings is 1. The van der Waals surface area contributed by atoms with E-state index in [9.17, 15) is 9.59 Å². The summed E-state index contributed by atoms with van der Waals surface area (Å²) < 4.78 is 0. The van der Waals surface area contributed by atoms with E-state index in [0.29, 0.717) is 5.69 Å². The Hall–Kier alpha value is -1.91. The van der Waals surface area contributed by atoms with E-state index in [1.54, 1.807) is 17.2 Å². The summed E-state index contributed by atoms with van der Waals surface area (Å²) in [6.07, 6.45) is 4.75. The molecule has 1 N–H and O–H groups in total. The Morgan fingerprint density at radius 1 is 1.26 bits per heavy atom. The summed E-state index contributed by atoms with van der Waals surface area (Å²) >= 11 is 0. The van der Waals surface area contributed by atoms with Crippen LogP contribution in [0, 0.1) is 6.92 Å². The molecule has 19 heavy (non-hydrogen) atoms. The Morgan fingerprint density at radius 2 is 2.00 bits per heavy atom. The van der Waals surface area contributed by atoms with Crippen molar-refractivity contribution in [1.82, 2.24) is 9.88 Å². The zero-order valence-corrected chi connectivity index (χ0v) is 11.2. The first-order valence-corrected chi connectivity index (χ1v) is 6.65. The topological polar surface area (TPSA) is 62.3 Å². The van der Waals surface area contributed by atoms with Crippen LogP contribution in [0.5, 0.6) is 0 Å². The zero-order valence-electron chi connectivity index (χ0n) is 11.2. The predicted octanol–water partition coefficient (Wildman–Crippen LogP) is 1.73. The molecule has 1 aromatic rings. The van der Waals surface area contributed by atoms with Gasteiger partial charge in [-0.05, 0) is 38.3 Å². The molecule has 0 unspecified atom stereocenters. The van der Waals surface area contributed by atoms with E-state index < -0.39 is 0 Å². The van der Waals surface area contributed by atoms with Gasteiger partial charge in [0.2, 0.25) is 11.8 Å². The number of aromatic nitrogens is 1. The monoisotopic (exact) mass is 261 g/mol. The minimum atomic E-state index is -0.277. The molecule has 0 spiro atoms. The molecule has 1 aliphatic rings. The Labute approximate surface area is 113 Å². The molecule has 0 bridgehead atoms. The highest BCUT2D eigenvalue weighted by molar-refractivity contribution is 6.03. The Balaban J connectivity index is 1.83. The number of amides is 2. The fourth-order valence-electron chi connectivity index (χ4n) is 2.14. The van der Waals surface area contributed by atoms with Crippen LogP contribution in [0.3, 0.4) is 0 Å². The molecule has 1 fully saturated rings. The highest BCUT2D eigenvalue weighted by Crippen LogP contribution is 2.11. The molecule has 5 nitrogen and oxygen atoms in total. The average Bonchev–Trinajstić information content (AvgIpc) is 2.42. The summed E-state index contributed by atoms with van der Waals surface area (Å²) in [6.45, 7) is 3.43. The number of nitrogens with one attached hydrogen (secondary N) is 1. The quantitative estimate of drug-likeness (QED) is 0.843. The van der Waals surface area contributed by atoms with Gasteiger partial charge in [-0.1, -0.05) is 0 Å². The molecule has 1 aromatic heterocycles. The number of hydrogen-bond acceptors (Lipinski definition) is 3. The van der Waals surface area contributed by atoms with E-state index in [4.69, 9.17) is 0 Å². The molecule has 0 saturated carbocycles. The van der Waals surface area contributed by atoms with Crippen LogP contribution in [0.25, 0.3) is 0 Å². The number of carbonyl (C=O) groups is 2. The highest BCUT2D eigenvalue weighted by atomic mass is 16.2. The van der Waals surface area contributed by atoms with Gasteiger partial charge in [-0.2, -0.15) is 0 Å². The van der Waals surface area contributed by atoms with Crippen LogP contribution in [0.1, 0.15) is 31.4 Å². The van der Waals surface area contributed by atoms with Gasteiger partial charge in [0.15, 0.2) is 0 Å². The Morgan fingerprint density at radius 3 is 2.63 bits per heavy atom. The van der Waals surface area contributed by atoms with Crippen LogP contribution in [0.4, 0.5) is 5.69 Å². The van der Waals surface area contributed by atoms with Crippen LogP contribution in [0.2, 0.25) is 0 Å². The van der Waals surface area contributed by atoms with Gasteiger partial charge in [0.05, 0.1) is 11.9 Å². The molecule has 2 heterocycles. The van der Waals surface area contributed by atoms with Gasteiger partial charge in [-0.25, -0.2) is 0 Å². The van der Waals surface area contributed by atoms with E-state index >= 15 is 0 Å². The lowest BCUT2D eigenvalue weighted by Crippen LogP contribution is -2.37. The predicted molar refractivity (Wildman–Crippen MR) is 72.7 cm³/mol. The lowest BCUT2D eigenvalue weighted by Gasteiger charge is -2.26. The Kier molecular flexibility index (Phi) is 4.49. The van der Waals surface area contributed by atoms with Crippen LogP contribution in [-0.2, 0) is 9.59 Å². The first-order chi connectivity index (χ1) is 9.15. The van der Waals surface area contributed by atoms with Crippen molar-refractivity contribution < 1.29 is 9.59 Å². The van der Waals surface area contributed by atoms with E-state index in [0.717, 1.165) is 31.6 Å². The summed E-state index contributed by atoms with van der Waals surface area (Å²) in [5, 5.41) is 2.69. The molecule has 2 amide bonds. The second-order valence-corrected chi connectivity index (χ2v) is 4.85. The molecule has 0 aliphatic carbocycles. The number of hydrogen-bond donors (Lipinski definition) is 1. The first-order valence-electron chi connectivity index (χ1n) is 6.65. The summed E-state index contributed by atoms with van der Waals surface area (Å²) in [6, 6.07) is 3.60. The summed E-state index contributed by atoms with van der Waals surface area (Å²) in [5.41, 5.74) is 1.52. The number of anilines is 1. The van der Waals surface area contributed by atoms with Crippen LogP contribution in [-0.4, -0.2) is 34.8 Å². The minimum Gasteiger partial charge on any atom is -0.342 e. The third-order valence-corrected chi connectivity index (χ3v) is 3.22. The lowest BCUT2D eigenvalue weighted by molar-refractivity contribution is -0.135. The van der Waals surface area contributed by atoms with E-state index in [2.05, 4.69) is 10.3 Å². The van der Waals surface area contributed by atoms with E-state index in [1.165, 1.54) is 6.42 Å². The largest absolute Gasteiger partial charge is 0.342 e. The van der Waals surface area contributed by atoms with Crippen molar-refractivity contribution in [1.29, 1.82) is 0 Å². The maximum absolute atomic E-state index is 11.9. The van der Waals surface area contributed by atoms with Gasteiger partial charge in [0, 0.05) is 18.8 Å². The van der Waals surface area contributed by atoms with Gasteiger partial charge < -0.3 is 10.2 Å². The van der Waals surface area contributed by atoms with Crippen molar-refractivity contribution in [3.63, 3.8) is 0 Å². The maximum Gasteiger partial charge on any atom is 0.233 e. The normalized spacial score (nSPS) is 15.1. The molecule has 5 heteroatoms. The summed E-state index contributed by atoms with van der Waals surface area (Å²) in [5.74, 6) is -0.363. The van der Waals surface area contributed by atoms with Gasteiger partial charge >= 0.3 is 0 Å². The van der Waals surface area contributed by atoms with Gasteiger partial charge in [-0.15, -0.1) is 0 Å². The van der Waals surface area contributed by atoms with Crippen molar-refractivity contribution in [2.75, 3.05) is 18.4 Å². The third kappa shape index (κ3) is 4.05. The molecular weight excluding hydrogens is 242 g/mol. The highest BCUT2D eigenvalue weighted by Gasteiger charge is 2.19. The van der Waals surface area contributed by atoms with Crippen molar-refractivity contribution in [2.45, 2.75) is 32.6 Å². The molecule has 0 radical (unpaired) electrons. The van der Waals surface area contributed by atoms with Gasteiger partial charge in [0.1, 0.15) is 6.42 Å². The average molecular weight is 261 g/mol. The Bertz CT molecular complexity index is 450. The second-order valence-electron chi connectivity index (χ2n) is 4.85. The lowest BCUT2D eigenvalue weighted by atomic mass is 10.1. The van der Waals surface area contributed by atoms with Crippen LogP contribution >= 0.6 is 0 Å². The summed E-state index contributed by atoms with van der Waals surface area (Å²) in [7, 11) is 0.